The molecule has 1 N–H and O–H groups in total. The van der Waals surface area contributed by atoms with Crippen LogP contribution in [0.4, 0.5) is 0 Å². The number of aryl methyl sites for hydroxylation is 1. The van der Waals surface area contributed by atoms with Gasteiger partial charge in [-0.3, -0.25) is 9.59 Å². The van der Waals surface area contributed by atoms with Crippen molar-refractivity contribution in [3.8, 4) is 0 Å². The molecule has 0 aliphatic rings. The summed E-state index contributed by atoms with van der Waals surface area (Å²) in [6.07, 6.45) is 3.22. The van der Waals surface area contributed by atoms with E-state index in [2.05, 4.69) is 5.10 Å². The summed E-state index contributed by atoms with van der Waals surface area (Å²) in [7, 11) is 0. The molecule has 0 bridgehead atoms. The van der Waals surface area contributed by atoms with Crippen molar-refractivity contribution < 1.29 is 9.90 Å². The maximum Gasteiger partial charge on any atom is 0.310 e. The van der Waals surface area contributed by atoms with Gasteiger partial charge in [-0.05, 0) is 26.8 Å². The van der Waals surface area contributed by atoms with E-state index >= 15 is 0 Å². The van der Waals surface area contributed by atoms with Crippen LogP contribution in [0.2, 0.25) is 0 Å². The molecule has 0 saturated carbocycles. The van der Waals surface area contributed by atoms with Crippen LogP contribution in [0.15, 0.2) is 23.3 Å². The third kappa shape index (κ3) is 2.01. The van der Waals surface area contributed by atoms with Crippen molar-refractivity contribution in [1.82, 2.24) is 14.2 Å². The number of carboxylic acid groups (broad SMARTS) is 1. The monoisotopic (exact) mass is 249 g/mol. The summed E-state index contributed by atoms with van der Waals surface area (Å²) < 4.78 is 2.91. The van der Waals surface area contributed by atoms with Gasteiger partial charge in [0.1, 0.15) is 5.52 Å². The van der Waals surface area contributed by atoms with Gasteiger partial charge in [0, 0.05) is 18.9 Å². The third-order valence-electron chi connectivity index (χ3n) is 2.87. The second-order valence-corrected chi connectivity index (χ2v) is 5.04. The van der Waals surface area contributed by atoms with Gasteiger partial charge in [0.15, 0.2) is 0 Å². The molecule has 96 valence electrons. The molecular formula is C12H15N3O3. The van der Waals surface area contributed by atoms with Gasteiger partial charge in [0.05, 0.1) is 11.1 Å². The van der Waals surface area contributed by atoms with Crippen LogP contribution in [0, 0.1) is 12.3 Å². The van der Waals surface area contributed by atoms with Gasteiger partial charge in [-0.1, -0.05) is 0 Å². The molecular weight excluding hydrogens is 234 g/mol. The van der Waals surface area contributed by atoms with Crippen molar-refractivity contribution in [1.29, 1.82) is 0 Å². The standard InChI is InChI=1S/C12H15N3O3/c1-8-6-9-10(16)14(4-5-15(9)13-8)7-12(2,3)11(17)18/h4-6H,7H2,1-3H3,(H,17,18). The number of carbonyl (C=O) groups is 1. The zero-order valence-corrected chi connectivity index (χ0v) is 10.5. The molecule has 0 aliphatic carbocycles. The molecule has 6 heteroatoms. The minimum absolute atomic E-state index is 0.127. The Balaban J connectivity index is 2.50. The quantitative estimate of drug-likeness (QED) is 0.877. The first-order valence-electron chi connectivity index (χ1n) is 5.60. The number of carboxylic acids is 1. The van der Waals surface area contributed by atoms with Crippen LogP contribution < -0.4 is 5.56 Å². The van der Waals surface area contributed by atoms with Gasteiger partial charge >= 0.3 is 5.97 Å². The van der Waals surface area contributed by atoms with Gasteiger partial charge in [-0.2, -0.15) is 5.10 Å². The molecule has 2 aromatic heterocycles. The number of nitrogens with zero attached hydrogens (tertiary/aromatic N) is 3. The lowest BCUT2D eigenvalue weighted by molar-refractivity contribution is -0.147. The maximum atomic E-state index is 12.2. The zero-order chi connectivity index (χ0) is 13.5. The topological polar surface area (TPSA) is 76.6 Å². The van der Waals surface area contributed by atoms with Gasteiger partial charge < -0.3 is 9.67 Å². The Morgan fingerprint density at radius 3 is 2.72 bits per heavy atom. The third-order valence-corrected chi connectivity index (χ3v) is 2.87. The Morgan fingerprint density at radius 2 is 2.11 bits per heavy atom. The molecule has 0 amide bonds. The second kappa shape index (κ2) is 3.97. The van der Waals surface area contributed by atoms with E-state index in [9.17, 15) is 9.59 Å². The molecule has 0 unspecified atom stereocenters. The van der Waals surface area contributed by atoms with Gasteiger partial charge in [0.25, 0.3) is 5.56 Å². The summed E-state index contributed by atoms with van der Waals surface area (Å²) in [5.74, 6) is -0.932. The van der Waals surface area contributed by atoms with Crippen molar-refractivity contribution in [2.24, 2.45) is 5.41 Å². The van der Waals surface area contributed by atoms with Gasteiger partial charge in [0.2, 0.25) is 0 Å². The lowest BCUT2D eigenvalue weighted by Crippen LogP contribution is -2.34. The van der Waals surface area contributed by atoms with Gasteiger partial charge in [-0.25, -0.2) is 4.52 Å². The predicted octanol–water partition coefficient (Wildman–Crippen LogP) is 0.915. The summed E-state index contributed by atoms with van der Waals surface area (Å²) >= 11 is 0. The van der Waals surface area contributed by atoms with Gasteiger partial charge in [-0.15, -0.1) is 0 Å². The van der Waals surface area contributed by atoms with Crippen LogP contribution >= 0.6 is 0 Å². The van der Waals surface area contributed by atoms with Crippen molar-refractivity contribution in [2.45, 2.75) is 27.3 Å². The Hall–Kier alpha value is -2.11. The molecule has 2 heterocycles. The Labute approximate surface area is 103 Å². The van der Waals surface area contributed by atoms with Crippen molar-refractivity contribution in [3.05, 3.63) is 34.5 Å². The zero-order valence-electron chi connectivity index (χ0n) is 10.5. The number of rotatable bonds is 3. The van der Waals surface area contributed by atoms with Crippen LogP contribution in [0.25, 0.3) is 5.52 Å². The van der Waals surface area contributed by atoms with Crippen molar-refractivity contribution in [2.75, 3.05) is 0 Å². The smallest absolute Gasteiger partial charge is 0.310 e. The summed E-state index contributed by atoms with van der Waals surface area (Å²) in [4.78, 5) is 23.2. The van der Waals surface area contributed by atoms with E-state index in [0.29, 0.717) is 5.52 Å². The van der Waals surface area contributed by atoms with E-state index in [1.54, 1.807) is 39.2 Å². The summed E-state index contributed by atoms with van der Waals surface area (Å²) in [5, 5.41) is 13.2. The lowest BCUT2D eigenvalue weighted by Gasteiger charge is -2.20. The fraction of sp³-hybridized carbons (Fsp3) is 0.417. The Kier molecular flexibility index (Phi) is 2.73. The molecule has 0 spiro atoms. The molecule has 0 radical (unpaired) electrons. The molecule has 6 nitrogen and oxygen atoms in total. The minimum atomic E-state index is -0.989. The van der Waals surface area contributed by atoms with Crippen LogP contribution in [0.1, 0.15) is 19.5 Å². The highest BCUT2D eigenvalue weighted by molar-refractivity contribution is 5.73. The summed E-state index contributed by atoms with van der Waals surface area (Å²) in [5.41, 5.74) is -0.0111. The lowest BCUT2D eigenvalue weighted by atomic mass is 9.94. The number of fused-ring (bicyclic) bond motifs is 1. The Bertz CT molecular complexity index is 667. The predicted molar refractivity (Wildman–Crippen MR) is 65.6 cm³/mol. The molecule has 2 aromatic rings. The maximum absolute atomic E-state index is 12.2. The van der Waals surface area contributed by atoms with Crippen molar-refractivity contribution >= 4 is 11.5 Å². The largest absolute Gasteiger partial charge is 0.481 e. The highest BCUT2D eigenvalue weighted by Gasteiger charge is 2.28. The molecule has 0 saturated heterocycles. The molecule has 18 heavy (non-hydrogen) atoms. The van der Waals surface area contributed by atoms with E-state index in [1.165, 1.54) is 9.08 Å². The highest BCUT2D eigenvalue weighted by Crippen LogP contribution is 2.17. The fourth-order valence-corrected chi connectivity index (χ4v) is 1.77. The van der Waals surface area contributed by atoms with Crippen LogP contribution in [-0.4, -0.2) is 25.3 Å². The minimum Gasteiger partial charge on any atom is -0.481 e. The summed E-state index contributed by atoms with van der Waals surface area (Å²) in [6.45, 7) is 5.11. The number of aromatic nitrogens is 3. The van der Waals surface area contributed by atoms with Crippen LogP contribution in [0.3, 0.4) is 0 Å². The molecule has 0 fully saturated rings. The van der Waals surface area contributed by atoms with E-state index < -0.39 is 11.4 Å². The first kappa shape index (κ1) is 12.3. The first-order chi connectivity index (χ1) is 8.31. The van der Waals surface area contributed by atoms with Crippen molar-refractivity contribution in [3.63, 3.8) is 0 Å². The number of hydrogen-bond acceptors (Lipinski definition) is 3. The number of aliphatic carboxylic acids is 1. The van der Waals surface area contributed by atoms with E-state index in [0.717, 1.165) is 5.69 Å². The Morgan fingerprint density at radius 1 is 1.44 bits per heavy atom. The molecule has 2 rings (SSSR count). The SMILES string of the molecule is Cc1cc2c(=O)n(CC(C)(C)C(=O)O)ccn2n1. The number of hydrogen-bond donors (Lipinski definition) is 1. The van der Waals surface area contributed by atoms with Crippen LogP contribution in [-0.2, 0) is 11.3 Å². The van der Waals surface area contributed by atoms with E-state index in [1.807, 2.05) is 0 Å². The normalized spacial score (nSPS) is 11.9. The molecule has 0 atom stereocenters. The fourth-order valence-electron chi connectivity index (χ4n) is 1.77. The average molecular weight is 249 g/mol. The average Bonchev–Trinajstić information content (AvgIpc) is 2.64. The molecule has 0 aliphatic heterocycles. The first-order valence-corrected chi connectivity index (χ1v) is 5.60. The molecule has 0 aromatic carbocycles. The van der Waals surface area contributed by atoms with Crippen LogP contribution in [0.5, 0.6) is 0 Å². The van der Waals surface area contributed by atoms with E-state index in [-0.39, 0.29) is 12.1 Å². The summed E-state index contributed by atoms with van der Waals surface area (Å²) in [6, 6.07) is 1.69. The highest BCUT2D eigenvalue weighted by atomic mass is 16.4. The second-order valence-electron chi connectivity index (χ2n) is 5.04. The van der Waals surface area contributed by atoms with E-state index in [4.69, 9.17) is 5.11 Å².